The van der Waals surface area contributed by atoms with Crippen LogP contribution in [0.3, 0.4) is 0 Å². The van der Waals surface area contributed by atoms with Crippen LogP contribution in [0, 0.1) is 5.92 Å². The van der Waals surface area contributed by atoms with Crippen LogP contribution < -0.4 is 14.8 Å². The third-order valence-electron chi connectivity index (χ3n) is 5.21. The van der Waals surface area contributed by atoms with Crippen LogP contribution in [0.15, 0.2) is 18.2 Å². The van der Waals surface area contributed by atoms with E-state index < -0.39 is 5.97 Å². The van der Waals surface area contributed by atoms with Crippen molar-refractivity contribution < 1.29 is 23.8 Å². The average Bonchev–Trinajstić information content (AvgIpc) is 3.08. The summed E-state index contributed by atoms with van der Waals surface area (Å²) in [6, 6.07) is 5.11. The first-order chi connectivity index (χ1) is 13.5. The highest BCUT2D eigenvalue weighted by atomic mass is 32.1. The number of amides is 1. The monoisotopic (exact) mass is 403 g/mol. The highest BCUT2D eigenvalue weighted by Crippen LogP contribution is 2.41. The minimum Gasteiger partial charge on any atom is -0.493 e. The zero-order valence-corrected chi connectivity index (χ0v) is 17.4. The Morgan fingerprint density at radius 2 is 2.00 bits per heavy atom. The van der Waals surface area contributed by atoms with Crippen LogP contribution in [0.25, 0.3) is 0 Å². The van der Waals surface area contributed by atoms with Gasteiger partial charge in [-0.1, -0.05) is 19.4 Å². The predicted molar refractivity (Wildman–Crippen MR) is 109 cm³/mol. The van der Waals surface area contributed by atoms with Crippen LogP contribution >= 0.6 is 11.3 Å². The van der Waals surface area contributed by atoms with Gasteiger partial charge in [0.15, 0.2) is 11.5 Å². The highest BCUT2D eigenvalue weighted by molar-refractivity contribution is 7.17. The fourth-order valence-electron chi connectivity index (χ4n) is 3.65. The Bertz CT molecular complexity index is 889. The van der Waals surface area contributed by atoms with E-state index in [4.69, 9.17) is 14.2 Å². The van der Waals surface area contributed by atoms with Crippen LogP contribution in [0.4, 0.5) is 5.00 Å². The summed E-state index contributed by atoms with van der Waals surface area (Å²) in [5, 5.41) is 3.43. The molecule has 0 aliphatic heterocycles. The third kappa shape index (κ3) is 3.71. The Morgan fingerprint density at radius 1 is 1.21 bits per heavy atom. The summed E-state index contributed by atoms with van der Waals surface area (Å²) in [6.45, 7) is 2.18. The van der Waals surface area contributed by atoms with Crippen molar-refractivity contribution in [1.29, 1.82) is 0 Å². The van der Waals surface area contributed by atoms with Gasteiger partial charge in [-0.2, -0.15) is 0 Å². The topological polar surface area (TPSA) is 73.9 Å². The van der Waals surface area contributed by atoms with Crippen molar-refractivity contribution in [3.63, 3.8) is 0 Å². The molecule has 1 atom stereocenters. The molecule has 150 valence electrons. The summed E-state index contributed by atoms with van der Waals surface area (Å²) in [4.78, 5) is 26.6. The maximum absolute atomic E-state index is 13.0. The number of rotatable bonds is 6. The summed E-state index contributed by atoms with van der Waals surface area (Å²) in [7, 11) is 4.37. The third-order valence-corrected chi connectivity index (χ3v) is 6.38. The normalized spacial score (nSPS) is 15.5. The van der Waals surface area contributed by atoms with Crippen molar-refractivity contribution >= 4 is 28.2 Å². The fourth-order valence-corrected chi connectivity index (χ4v) is 4.99. The lowest BCUT2D eigenvalue weighted by Crippen LogP contribution is -2.17. The molecule has 28 heavy (non-hydrogen) atoms. The van der Waals surface area contributed by atoms with E-state index in [1.165, 1.54) is 32.7 Å². The maximum Gasteiger partial charge on any atom is 0.341 e. The van der Waals surface area contributed by atoms with Gasteiger partial charge in [0.05, 0.1) is 32.5 Å². The first-order valence-electron chi connectivity index (χ1n) is 9.29. The Hall–Kier alpha value is -2.54. The standard InChI is InChI=1S/C21H25NO5S/c1-5-12-9-10-13-16(11-12)28-20(17(13)21(24)27-4)22-19(23)14-7-6-8-15(25-2)18(14)26-3/h6-8,12H,5,9-11H2,1-4H3,(H,22,23). The SMILES string of the molecule is CCC1CCc2c(sc(NC(=O)c3cccc(OC)c3OC)c2C(=O)OC)C1. The molecule has 1 aliphatic rings. The van der Waals surface area contributed by atoms with E-state index >= 15 is 0 Å². The molecule has 1 amide bonds. The van der Waals surface area contributed by atoms with E-state index in [0.717, 1.165) is 36.1 Å². The molecule has 0 spiro atoms. The summed E-state index contributed by atoms with van der Waals surface area (Å²) < 4.78 is 15.6. The molecule has 0 fully saturated rings. The molecular formula is C21H25NO5S. The van der Waals surface area contributed by atoms with Crippen molar-refractivity contribution in [3.05, 3.63) is 39.8 Å². The van der Waals surface area contributed by atoms with Gasteiger partial charge in [0.2, 0.25) is 0 Å². The average molecular weight is 404 g/mol. The molecule has 1 aromatic carbocycles. The van der Waals surface area contributed by atoms with E-state index in [1.54, 1.807) is 18.2 Å². The number of fused-ring (bicyclic) bond motifs is 1. The second kappa shape index (κ2) is 8.65. The largest absolute Gasteiger partial charge is 0.493 e. The van der Waals surface area contributed by atoms with Gasteiger partial charge in [-0.3, -0.25) is 4.79 Å². The van der Waals surface area contributed by atoms with Gasteiger partial charge >= 0.3 is 5.97 Å². The molecule has 0 bridgehead atoms. The molecule has 1 aromatic heterocycles. The number of nitrogens with one attached hydrogen (secondary N) is 1. The molecule has 1 N–H and O–H groups in total. The highest BCUT2D eigenvalue weighted by Gasteiger charge is 2.30. The number of methoxy groups -OCH3 is 3. The zero-order valence-electron chi connectivity index (χ0n) is 16.6. The summed E-state index contributed by atoms with van der Waals surface area (Å²) in [6.07, 6.45) is 3.90. The van der Waals surface area contributed by atoms with E-state index in [2.05, 4.69) is 12.2 Å². The van der Waals surface area contributed by atoms with Gasteiger partial charge < -0.3 is 19.5 Å². The Labute approximate surface area is 168 Å². The minimum atomic E-state index is -0.416. The number of ether oxygens (including phenoxy) is 3. The van der Waals surface area contributed by atoms with E-state index in [0.29, 0.717) is 33.5 Å². The number of esters is 1. The number of anilines is 1. The predicted octanol–water partition coefficient (Wildman–Crippen LogP) is 4.32. The lowest BCUT2D eigenvalue weighted by Gasteiger charge is -2.20. The Kier molecular flexibility index (Phi) is 6.24. The molecular weight excluding hydrogens is 378 g/mol. The molecule has 1 heterocycles. The van der Waals surface area contributed by atoms with Gasteiger partial charge in [0, 0.05) is 4.88 Å². The molecule has 1 aliphatic carbocycles. The quantitative estimate of drug-likeness (QED) is 0.727. The second-order valence-electron chi connectivity index (χ2n) is 6.71. The number of carbonyl (C=O) groups is 2. The molecule has 0 saturated heterocycles. The van der Waals surface area contributed by atoms with Gasteiger partial charge in [-0.25, -0.2) is 4.79 Å². The van der Waals surface area contributed by atoms with Crippen molar-refractivity contribution in [2.45, 2.75) is 32.6 Å². The van der Waals surface area contributed by atoms with E-state index in [-0.39, 0.29) is 5.91 Å². The Morgan fingerprint density at radius 3 is 2.64 bits per heavy atom. The molecule has 2 aromatic rings. The summed E-state index contributed by atoms with van der Waals surface area (Å²) in [5.74, 6) is 0.666. The van der Waals surface area contributed by atoms with Crippen molar-refractivity contribution in [1.82, 2.24) is 0 Å². The van der Waals surface area contributed by atoms with Crippen LogP contribution in [0.5, 0.6) is 11.5 Å². The van der Waals surface area contributed by atoms with Gasteiger partial charge in [0.25, 0.3) is 5.91 Å². The number of carbonyl (C=O) groups excluding carboxylic acids is 2. The van der Waals surface area contributed by atoms with Crippen LogP contribution in [0.1, 0.15) is 50.9 Å². The van der Waals surface area contributed by atoms with Crippen LogP contribution in [-0.4, -0.2) is 33.2 Å². The second-order valence-corrected chi connectivity index (χ2v) is 7.82. The van der Waals surface area contributed by atoms with E-state index in [1.807, 2.05) is 0 Å². The first-order valence-corrected chi connectivity index (χ1v) is 10.1. The van der Waals surface area contributed by atoms with Gasteiger partial charge in [0.1, 0.15) is 5.00 Å². The van der Waals surface area contributed by atoms with Gasteiger partial charge in [-0.05, 0) is 42.9 Å². The number of hydrogen-bond acceptors (Lipinski definition) is 6. The zero-order chi connectivity index (χ0) is 20.3. The molecule has 0 radical (unpaired) electrons. The smallest absolute Gasteiger partial charge is 0.341 e. The number of thiophene rings is 1. The molecule has 6 nitrogen and oxygen atoms in total. The summed E-state index contributed by atoms with van der Waals surface area (Å²) in [5.41, 5.74) is 1.83. The van der Waals surface area contributed by atoms with Crippen molar-refractivity contribution in [2.24, 2.45) is 5.92 Å². The minimum absolute atomic E-state index is 0.343. The molecule has 1 unspecified atom stereocenters. The fraction of sp³-hybridized carbons (Fsp3) is 0.429. The van der Waals surface area contributed by atoms with Crippen molar-refractivity contribution in [2.75, 3.05) is 26.6 Å². The van der Waals surface area contributed by atoms with E-state index in [9.17, 15) is 9.59 Å². The molecule has 0 saturated carbocycles. The summed E-state index contributed by atoms with van der Waals surface area (Å²) >= 11 is 1.47. The van der Waals surface area contributed by atoms with Crippen LogP contribution in [-0.2, 0) is 17.6 Å². The lowest BCUT2D eigenvalue weighted by atomic mass is 9.85. The van der Waals surface area contributed by atoms with Crippen LogP contribution in [0.2, 0.25) is 0 Å². The first kappa shape index (κ1) is 20.2. The number of hydrogen-bond donors (Lipinski definition) is 1. The van der Waals surface area contributed by atoms with Gasteiger partial charge in [-0.15, -0.1) is 11.3 Å². The number of para-hydroxylation sites is 1. The van der Waals surface area contributed by atoms with Crippen molar-refractivity contribution in [3.8, 4) is 11.5 Å². The Balaban J connectivity index is 1.97. The number of benzene rings is 1. The lowest BCUT2D eigenvalue weighted by molar-refractivity contribution is 0.0601. The maximum atomic E-state index is 13.0. The molecule has 7 heteroatoms. The molecule has 3 rings (SSSR count).